The van der Waals surface area contributed by atoms with Gasteiger partial charge in [-0.3, -0.25) is 14.8 Å². The third-order valence-corrected chi connectivity index (χ3v) is 5.58. The molecule has 1 N–H and O–H groups in total. The van der Waals surface area contributed by atoms with Crippen molar-refractivity contribution in [2.24, 2.45) is 0 Å². The predicted molar refractivity (Wildman–Crippen MR) is 117 cm³/mol. The molecule has 8 heteroatoms. The summed E-state index contributed by atoms with van der Waals surface area (Å²) in [6.45, 7) is 0.635. The molecule has 4 heterocycles. The first-order chi connectivity index (χ1) is 14.7. The first-order valence-corrected chi connectivity index (χ1v) is 10.2. The SMILES string of the molecule is COC(=O)CCCN1C(=S)N[C@H](c2ccccn2)[C@H]1c1cccn1-c1ccncc1. The zero-order valence-electron chi connectivity index (χ0n) is 16.6. The third-order valence-electron chi connectivity index (χ3n) is 5.23. The van der Waals surface area contributed by atoms with Crippen LogP contribution in [0.3, 0.4) is 0 Å². The number of ether oxygens (including phenoxy) is 1. The molecule has 0 spiro atoms. The molecule has 0 amide bonds. The Labute approximate surface area is 180 Å². The van der Waals surface area contributed by atoms with Crippen LogP contribution in [0.4, 0.5) is 0 Å². The predicted octanol–water partition coefficient (Wildman–Crippen LogP) is 3.19. The van der Waals surface area contributed by atoms with Gasteiger partial charge in [-0.25, -0.2) is 0 Å². The lowest BCUT2D eigenvalue weighted by Crippen LogP contribution is -2.31. The van der Waals surface area contributed by atoms with Gasteiger partial charge in [-0.05, 0) is 55.0 Å². The van der Waals surface area contributed by atoms with Gasteiger partial charge in [-0.1, -0.05) is 6.07 Å². The molecule has 7 nitrogen and oxygen atoms in total. The molecule has 0 aliphatic carbocycles. The second-order valence-electron chi connectivity index (χ2n) is 7.01. The van der Waals surface area contributed by atoms with Crippen molar-refractivity contribution >= 4 is 23.3 Å². The summed E-state index contributed by atoms with van der Waals surface area (Å²) >= 11 is 5.69. The Bertz CT molecular complexity index is 1010. The van der Waals surface area contributed by atoms with Crippen molar-refractivity contribution in [1.82, 2.24) is 24.8 Å². The van der Waals surface area contributed by atoms with Crippen LogP contribution in [0.1, 0.15) is 36.3 Å². The maximum atomic E-state index is 11.6. The summed E-state index contributed by atoms with van der Waals surface area (Å²) in [5.41, 5.74) is 3.03. The second-order valence-corrected chi connectivity index (χ2v) is 7.39. The Balaban J connectivity index is 1.70. The summed E-state index contributed by atoms with van der Waals surface area (Å²) in [6, 6.07) is 13.8. The minimum atomic E-state index is -0.217. The van der Waals surface area contributed by atoms with E-state index < -0.39 is 0 Å². The van der Waals surface area contributed by atoms with Gasteiger partial charge in [0.05, 0.1) is 24.9 Å². The van der Waals surface area contributed by atoms with Crippen LogP contribution in [-0.2, 0) is 9.53 Å². The monoisotopic (exact) mass is 421 g/mol. The van der Waals surface area contributed by atoms with Crippen molar-refractivity contribution in [3.05, 3.63) is 78.6 Å². The highest BCUT2D eigenvalue weighted by atomic mass is 32.1. The molecule has 4 rings (SSSR count). The highest BCUT2D eigenvalue weighted by Gasteiger charge is 2.41. The van der Waals surface area contributed by atoms with Gasteiger partial charge in [0, 0.05) is 49.1 Å². The maximum absolute atomic E-state index is 11.6. The number of rotatable bonds is 7. The molecule has 1 saturated heterocycles. The molecule has 0 radical (unpaired) electrons. The molecule has 30 heavy (non-hydrogen) atoms. The molecule has 0 bridgehead atoms. The van der Waals surface area contributed by atoms with Crippen LogP contribution in [0.25, 0.3) is 5.69 Å². The van der Waals surface area contributed by atoms with E-state index in [0.717, 1.165) is 17.1 Å². The largest absolute Gasteiger partial charge is 0.469 e. The minimum Gasteiger partial charge on any atom is -0.469 e. The van der Waals surface area contributed by atoms with Crippen molar-refractivity contribution in [2.45, 2.75) is 24.9 Å². The molecule has 1 aliphatic rings. The zero-order valence-corrected chi connectivity index (χ0v) is 17.5. The molecular formula is C22H23N5O2S. The number of thiocarbonyl (C=S) groups is 1. The van der Waals surface area contributed by atoms with Gasteiger partial charge in [0.15, 0.2) is 5.11 Å². The van der Waals surface area contributed by atoms with E-state index in [-0.39, 0.29) is 18.1 Å². The van der Waals surface area contributed by atoms with Crippen LogP contribution in [0.5, 0.6) is 0 Å². The first kappa shape index (κ1) is 20.0. The van der Waals surface area contributed by atoms with Crippen molar-refractivity contribution < 1.29 is 9.53 Å². The summed E-state index contributed by atoms with van der Waals surface area (Å²) in [4.78, 5) is 22.4. The minimum absolute atomic E-state index is 0.0757. The summed E-state index contributed by atoms with van der Waals surface area (Å²) in [7, 11) is 1.41. The smallest absolute Gasteiger partial charge is 0.305 e. The van der Waals surface area contributed by atoms with Crippen LogP contribution in [0.2, 0.25) is 0 Å². The van der Waals surface area contributed by atoms with E-state index in [1.165, 1.54) is 7.11 Å². The van der Waals surface area contributed by atoms with E-state index in [2.05, 4.69) is 30.8 Å². The summed E-state index contributed by atoms with van der Waals surface area (Å²) in [5, 5.41) is 4.10. The zero-order chi connectivity index (χ0) is 20.9. The van der Waals surface area contributed by atoms with Gasteiger partial charge in [0.25, 0.3) is 0 Å². The summed E-state index contributed by atoms with van der Waals surface area (Å²) in [5.74, 6) is -0.217. The van der Waals surface area contributed by atoms with Crippen LogP contribution in [0, 0.1) is 0 Å². The van der Waals surface area contributed by atoms with Crippen molar-refractivity contribution in [3.63, 3.8) is 0 Å². The number of methoxy groups -OCH3 is 1. The van der Waals surface area contributed by atoms with Crippen LogP contribution < -0.4 is 5.32 Å². The van der Waals surface area contributed by atoms with E-state index >= 15 is 0 Å². The molecule has 154 valence electrons. The van der Waals surface area contributed by atoms with E-state index in [4.69, 9.17) is 17.0 Å². The number of hydrogen-bond donors (Lipinski definition) is 1. The number of pyridine rings is 2. The van der Waals surface area contributed by atoms with Crippen molar-refractivity contribution in [3.8, 4) is 5.69 Å². The highest BCUT2D eigenvalue weighted by Crippen LogP contribution is 2.39. The number of carbonyl (C=O) groups excluding carboxylic acids is 1. The van der Waals surface area contributed by atoms with Gasteiger partial charge < -0.3 is 19.5 Å². The second kappa shape index (κ2) is 9.04. The fourth-order valence-electron chi connectivity index (χ4n) is 3.84. The first-order valence-electron chi connectivity index (χ1n) is 9.81. The topological polar surface area (TPSA) is 72.3 Å². The van der Waals surface area contributed by atoms with Crippen LogP contribution in [0.15, 0.2) is 67.3 Å². The Morgan fingerprint density at radius 2 is 2.00 bits per heavy atom. The normalized spacial score (nSPS) is 18.3. The Morgan fingerprint density at radius 3 is 2.73 bits per heavy atom. The van der Waals surface area contributed by atoms with Crippen LogP contribution >= 0.6 is 12.2 Å². The quantitative estimate of drug-likeness (QED) is 0.464. The van der Waals surface area contributed by atoms with Crippen LogP contribution in [-0.4, -0.2) is 44.2 Å². The molecule has 1 fully saturated rings. The molecule has 3 aromatic heterocycles. The average molecular weight is 422 g/mol. The molecule has 0 unspecified atom stereocenters. The lowest BCUT2D eigenvalue weighted by Gasteiger charge is -2.28. The van der Waals surface area contributed by atoms with Gasteiger partial charge in [0.2, 0.25) is 0 Å². The number of hydrogen-bond acceptors (Lipinski definition) is 5. The van der Waals surface area contributed by atoms with E-state index in [1.807, 2.05) is 42.6 Å². The highest BCUT2D eigenvalue weighted by molar-refractivity contribution is 7.80. The van der Waals surface area contributed by atoms with E-state index in [9.17, 15) is 4.79 Å². The lowest BCUT2D eigenvalue weighted by molar-refractivity contribution is -0.140. The number of nitrogens with zero attached hydrogens (tertiary/aromatic N) is 4. The molecule has 3 aromatic rings. The molecule has 0 aromatic carbocycles. The fourth-order valence-corrected chi connectivity index (χ4v) is 4.17. The molecule has 0 saturated carbocycles. The van der Waals surface area contributed by atoms with Gasteiger partial charge >= 0.3 is 5.97 Å². The van der Waals surface area contributed by atoms with Gasteiger partial charge in [-0.15, -0.1) is 0 Å². The Kier molecular flexibility index (Phi) is 6.04. The summed E-state index contributed by atoms with van der Waals surface area (Å²) in [6.07, 6.45) is 8.38. The number of esters is 1. The Morgan fingerprint density at radius 1 is 1.17 bits per heavy atom. The third kappa shape index (κ3) is 4.04. The lowest BCUT2D eigenvalue weighted by atomic mass is 10.0. The van der Waals surface area contributed by atoms with E-state index in [0.29, 0.717) is 24.5 Å². The van der Waals surface area contributed by atoms with Crippen molar-refractivity contribution in [1.29, 1.82) is 0 Å². The molecule has 1 aliphatic heterocycles. The molecule has 2 atom stereocenters. The van der Waals surface area contributed by atoms with Gasteiger partial charge in [-0.2, -0.15) is 0 Å². The summed E-state index contributed by atoms with van der Waals surface area (Å²) < 4.78 is 6.93. The molecular weight excluding hydrogens is 398 g/mol. The van der Waals surface area contributed by atoms with Crippen molar-refractivity contribution in [2.75, 3.05) is 13.7 Å². The average Bonchev–Trinajstić information content (AvgIpc) is 3.39. The maximum Gasteiger partial charge on any atom is 0.305 e. The number of carbonyl (C=O) groups is 1. The number of nitrogens with one attached hydrogen (secondary N) is 1. The number of aromatic nitrogens is 3. The van der Waals surface area contributed by atoms with E-state index in [1.54, 1.807) is 18.6 Å². The fraction of sp³-hybridized carbons (Fsp3) is 0.273. The van der Waals surface area contributed by atoms with Gasteiger partial charge in [0.1, 0.15) is 0 Å². The Hall–Kier alpha value is -3.26. The standard InChI is InChI=1S/C22H23N5O2S/c1-29-19(28)8-5-15-27-21(20(25-22(27)30)17-6-2-3-11-24-17)18-7-4-14-26(18)16-9-12-23-13-10-16/h2-4,6-7,9-14,20-21H,5,8,15H2,1H3,(H,25,30)/t20-,21-/m1/s1.